The highest BCUT2D eigenvalue weighted by Gasteiger charge is 2.15. The zero-order valence-electron chi connectivity index (χ0n) is 12.8. The number of hydrogen-bond donors (Lipinski definition) is 3. The Hall–Kier alpha value is -3.21. The van der Waals surface area contributed by atoms with Crippen LogP contribution in [0.5, 0.6) is 0 Å². The number of carbonyl (C=O) groups is 2. The maximum atomic E-state index is 11.9. The number of aryl methyl sites for hydroxylation is 1. The molecule has 0 atom stereocenters. The van der Waals surface area contributed by atoms with Gasteiger partial charge < -0.3 is 15.4 Å². The van der Waals surface area contributed by atoms with Crippen LogP contribution in [-0.4, -0.2) is 37.6 Å². The van der Waals surface area contributed by atoms with Crippen molar-refractivity contribution in [2.24, 2.45) is 0 Å². The van der Waals surface area contributed by atoms with Crippen molar-refractivity contribution in [3.63, 3.8) is 0 Å². The Morgan fingerprint density at radius 3 is 2.68 bits per heavy atom. The number of anilines is 1. The van der Waals surface area contributed by atoms with Crippen molar-refractivity contribution in [3.8, 4) is 0 Å². The summed E-state index contributed by atoms with van der Waals surface area (Å²) in [6.45, 7) is 1.63. The van der Waals surface area contributed by atoms with Crippen LogP contribution in [0.3, 0.4) is 0 Å². The van der Waals surface area contributed by atoms with E-state index in [1.54, 1.807) is 6.92 Å². The first-order chi connectivity index (χ1) is 11.7. The summed E-state index contributed by atoms with van der Waals surface area (Å²) < 4.78 is 0. The van der Waals surface area contributed by atoms with Gasteiger partial charge >= 0.3 is 5.97 Å². The summed E-state index contributed by atoms with van der Waals surface area (Å²) in [6, 6.07) is 4.38. The molecule has 130 valence electrons. The van der Waals surface area contributed by atoms with E-state index in [1.165, 1.54) is 6.07 Å². The van der Waals surface area contributed by atoms with Crippen molar-refractivity contribution in [1.82, 2.24) is 9.97 Å². The molecule has 1 aromatic heterocycles. The predicted molar refractivity (Wildman–Crippen MR) is 89.0 cm³/mol. The highest BCUT2D eigenvalue weighted by atomic mass is 32.2. The third kappa shape index (κ3) is 5.14. The highest BCUT2D eigenvalue weighted by Crippen LogP contribution is 2.21. The average molecular weight is 364 g/mol. The summed E-state index contributed by atoms with van der Waals surface area (Å²) in [5, 5.41) is 22.5. The normalized spacial score (nSPS) is 10.3. The average Bonchev–Trinajstić information content (AvgIpc) is 2.51. The monoisotopic (exact) mass is 364 g/mol. The number of carbonyl (C=O) groups excluding carboxylic acids is 1. The lowest BCUT2D eigenvalue weighted by atomic mass is 10.1. The molecular weight excluding hydrogens is 352 g/mol. The van der Waals surface area contributed by atoms with Crippen LogP contribution in [0.4, 0.5) is 11.4 Å². The minimum absolute atomic E-state index is 0.0112. The first-order valence-electron chi connectivity index (χ1n) is 6.78. The van der Waals surface area contributed by atoms with E-state index >= 15 is 0 Å². The molecule has 0 spiro atoms. The number of nitro benzene ring substituents is 1. The lowest BCUT2D eigenvalue weighted by Crippen LogP contribution is -2.16. The molecule has 1 amide bonds. The van der Waals surface area contributed by atoms with Gasteiger partial charge in [0.1, 0.15) is 0 Å². The van der Waals surface area contributed by atoms with Crippen LogP contribution < -0.4 is 10.9 Å². The van der Waals surface area contributed by atoms with Crippen molar-refractivity contribution < 1.29 is 19.6 Å². The van der Waals surface area contributed by atoms with Gasteiger partial charge in [-0.05, 0) is 13.0 Å². The number of carboxylic acid groups (broad SMARTS) is 1. The largest absolute Gasteiger partial charge is 0.478 e. The van der Waals surface area contributed by atoms with Gasteiger partial charge in [-0.15, -0.1) is 0 Å². The smallest absolute Gasteiger partial charge is 0.336 e. The number of benzene rings is 1. The number of aromatic nitrogens is 2. The second kappa shape index (κ2) is 7.57. The van der Waals surface area contributed by atoms with Crippen molar-refractivity contribution in [1.29, 1.82) is 0 Å². The molecule has 11 heteroatoms. The van der Waals surface area contributed by atoms with E-state index in [-0.39, 0.29) is 27.7 Å². The Morgan fingerprint density at radius 2 is 2.08 bits per heavy atom. The Bertz CT molecular complexity index is 878. The van der Waals surface area contributed by atoms with E-state index in [4.69, 9.17) is 5.11 Å². The number of nitrogens with one attached hydrogen (secondary N) is 2. The third-order valence-electron chi connectivity index (χ3n) is 2.85. The van der Waals surface area contributed by atoms with E-state index < -0.39 is 22.5 Å². The second-order valence-electron chi connectivity index (χ2n) is 4.86. The third-order valence-corrected chi connectivity index (χ3v) is 3.72. The molecule has 0 aliphatic carbocycles. The molecule has 1 heterocycles. The Kier molecular flexibility index (Phi) is 5.49. The number of amides is 1. The van der Waals surface area contributed by atoms with Crippen LogP contribution in [0.15, 0.2) is 34.2 Å². The van der Waals surface area contributed by atoms with Gasteiger partial charge in [0, 0.05) is 29.6 Å². The number of aromatic amines is 1. The van der Waals surface area contributed by atoms with E-state index in [0.717, 1.165) is 30.0 Å². The van der Waals surface area contributed by atoms with Crippen molar-refractivity contribution in [2.45, 2.75) is 12.1 Å². The van der Waals surface area contributed by atoms with Crippen LogP contribution in [0, 0.1) is 17.0 Å². The summed E-state index contributed by atoms with van der Waals surface area (Å²) in [7, 11) is 0. The standard InChI is InChI=1S/C14H12N4O6S/c1-7-2-11(19)17-14(15-7)25-6-12(20)16-9-3-8(13(21)22)4-10(5-9)18(23)24/h2-5H,6H2,1H3,(H,16,20)(H,21,22)(H,15,17,19). The SMILES string of the molecule is Cc1cc(=O)[nH]c(SCC(=O)Nc2cc(C(=O)O)cc([N+](=O)[O-])c2)n1. The van der Waals surface area contributed by atoms with Gasteiger partial charge in [0.15, 0.2) is 5.16 Å². The highest BCUT2D eigenvalue weighted by molar-refractivity contribution is 7.99. The quantitative estimate of drug-likeness (QED) is 0.301. The Balaban J connectivity index is 2.10. The number of carboxylic acids is 1. The fraction of sp³-hybridized carbons (Fsp3) is 0.143. The second-order valence-corrected chi connectivity index (χ2v) is 5.82. The fourth-order valence-corrected chi connectivity index (χ4v) is 2.58. The van der Waals surface area contributed by atoms with E-state index in [0.29, 0.717) is 5.69 Å². The number of rotatable bonds is 6. The Labute approximate surface area is 144 Å². The molecule has 25 heavy (non-hydrogen) atoms. The maximum Gasteiger partial charge on any atom is 0.336 e. The number of non-ortho nitro benzene ring substituents is 1. The number of hydrogen-bond acceptors (Lipinski definition) is 7. The molecule has 0 aliphatic rings. The zero-order chi connectivity index (χ0) is 18.6. The number of aromatic carboxylic acids is 1. The summed E-state index contributed by atoms with van der Waals surface area (Å²) >= 11 is 0.968. The van der Waals surface area contributed by atoms with Crippen LogP contribution in [0.2, 0.25) is 0 Å². The van der Waals surface area contributed by atoms with Gasteiger partial charge in [-0.1, -0.05) is 11.8 Å². The van der Waals surface area contributed by atoms with Crippen LogP contribution in [0.1, 0.15) is 16.1 Å². The molecule has 2 aromatic rings. The minimum atomic E-state index is -1.35. The van der Waals surface area contributed by atoms with Gasteiger partial charge in [-0.3, -0.25) is 19.7 Å². The topological polar surface area (TPSA) is 155 Å². The summed E-state index contributed by atoms with van der Waals surface area (Å²) in [5.74, 6) is -2.02. The van der Waals surface area contributed by atoms with Crippen LogP contribution >= 0.6 is 11.8 Å². The maximum absolute atomic E-state index is 11.9. The van der Waals surface area contributed by atoms with Gasteiger partial charge in [-0.25, -0.2) is 9.78 Å². The minimum Gasteiger partial charge on any atom is -0.478 e. The molecule has 2 rings (SSSR count). The number of nitrogens with zero attached hydrogens (tertiary/aromatic N) is 2. The first kappa shape index (κ1) is 18.1. The molecule has 0 radical (unpaired) electrons. The zero-order valence-corrected chi connectivity index (χ0v) is 13.6. The number of nitro groups is 1. The molecule has 3 N–H and O–H groups in total. The molecule has 0 bridgehead atoms. The lowest BCUT2D eigenvalue weighted by Gasteiger charge is -2.06. The number of thioether (sulfide) groups is 1. The molecule has 0 fully saturated rings. The predicted octanol–water partition coefficient (Wildman–Crippen LogP) is 1.42. The molecule has 0 unspecified atom stereocenters. The van der Waals surface area contributed by atoms with Gasteiger partial charge in [0.25, 0.3) is 11.2 Å². The number of H-pyrrole nitrogens is 1. The van der Waals surface area contributed by atoms with Crippen molar-refractivity contribution >= 4 is 35.0 Å². The molecule has 0 saturated heterocycles. The molecule has 0 saturated carbocycles. The molecular formula is C14H12N4O6S. The van der Waals surface area contributed by atoms with Crippen molar-refractivity contribution in [2.75, 3.05) is 11.1 Å². The van der Waals surface area contributed by atoms with E-state index in [1.807, 2.05) is 0 Å². The van der Waals surface area contributed by atoms with Gasteiger partial charge in [-0.2, -0.15) is 0 Å². The fourth-order valence-electron chi connectivity index (χ4n) is 1.86. The summed E-state index contributed by atoms with van der Waals surface area (Å²) in [4.78, 5) is 50.9. The Morgan fingerprint density at radius 1 is 1.36 bits per heavy atom. The van der Waals surface area contributed by atoms with Gasteiger partial charge in [0.2, 0.25) is 5.91 Å². The lowest BCUT2D eigenvalue weighted by molar-refractivity contribution is -0.384. The van der Waals surface area contributed by atoms with E-state index in [2.05, 4.69) is 15.3 Å². The molecule has 0 aliphatic heterocycles. The van der Waals surface area contributed by atoms with E-state index in [9.17, 15) is 24.5 Å². The molecule has 1 aromatic carbocycles. The van der Waals surface area contributed by atoms with Crippen LogP contribution in [-0.2, 0) is 4.79 Å². The van der Waals surface area contributed by atoms with Crippen molar-refractivity contribution in [3.05, 3.63) is 56.0 Å². The summed E-state index contributed by atoms with van der Waals surface area (Å²) in [5.41, 5.74) is -0.631. The van der Waals surface area contributed by atoms with Crippen LogP contribution in [0.25, 0.3) is 0 Å². The summed E-state index contributed by atoms with van der Waals surface area (Å²) in [6.07, 6.45) is 0. The first-order valence-corrected chi connectivity index (χ1v) is 7.76. The molecule has 10 nitrogen and oxygen atoms in total. The van der Waals surface area contributed by atoms with Gasteiger partial charge in [0.05, 0.1) is 16.2 Å².